The zero-order valence-electron chi connectivity index (χ0n) is 14.7. The first-order chi connectivity index (χ1) is 13.2. The van der Waals surface area contributed by atoms with Gasteiger partial charge in [0.05, 0.1) is 5.56 Å². The van der Waals surface area contributed by atoms with Crippen LogP contribution in [0.4, 0.5) is 5.82 Å². The van der Waals surface area contributed by atoms with Crippen molar-refractivity contribution in [3.05, 3.63) is 87.3 Å². The Balaban J connectivity index is 1.64. The molecule has 0 fully saturated rings. The number of hydrogen-bond donors (Lipinski definition) is 3. The summed E-state index contributed by atoms with van der Waals surface area (Å²) in [5.74, 6) is 0.474. The maximum atomic E-state index is 12.7. The van der Waals surface area contributed by atoms with Gasteiger partial charge in [-0.3, -0.25) is 19.8 Å². The maximum absolute atomic E-state index is 12.7. The number of aromatic nitrogens is 2. The van der Waals surface area contributed by atoms with Crippen molar-refractivity contribution in [2.24, 2.45) is 0 Å². The van der Waals surface area contributed by atoms with Crippen LogP contribution in [0.5, 0.6) is 0 Å². The molecule has 1 aliphatic carbocycles. The van der Waals surface area contributed by atoms with E-state index < -0.39 is 0 Å². The van der Waals surface area contributed by atoms with Crippen molar-refractivity contribution >= 4 is 11.6 Å². The number of carbonyl (C=O) groups excluding carboxylic acids is 1. The number of aromatic amines is 2. The van der Waals surface area contributed by atoms with Gasteiger partial charge in [-0.1, -0.05) is 54.6 Å². The fraction of sp³-hybridized carbons (Fsp3) is 0.182. The summed E-state index contributed by atoms with van der Waals surface area (Å²) in [4.78, 5) is 25.2. The van der Waals surface area contributed by atoms with Gasteiger partial charge in [-0.2, -0.15) is 0 Å². The minimum absolute atomic E-state index is 0.132. The van der Waals surface area contributed by atoms with Gasteiger partial charge in [0.1, 0.15) is 5.82 Å². The zero-order valence-corrected chi connectivity index (χ0v) is 14.7. The fourth-order valence-corrected chi connectivity index (χ4v) is 4.20. The Morgan fingerprint density at radius 3 is 2.33 bits per heavy atom. The Morgan fingerprint density at radius 1 is 0.815 bits per heavy atom. The Kier molecular flexibility index (Phi) is 3.60. The molecule has 0 unspecified atom stereocenters. The molecule has 0 saturated carbocycles. The third-order valence-electron chi connectivity index (χ3n) is 5.48. The van der Waals surface area contributed by atoms with Gasteiger partial charge >= 0.3 is 0 Å². The highest BCUT2D eigenvalue weighted by atomic mass is 16.1. The second-order valence-corrected chi connectivity index (χ2v) is 7.08. The van der Waals surface area contributed by atoms with Crippen LogP contribution in [0.2, 0.25) is 0 Å². The van der Waals surface area contributed by atoms with Gasteiger partial charge in [0.2, 0.25) is 0 Å². The number of hydrogen-bond acceptors (Lipinski definition) is 3. The van der Waals surface area contributed by atoms with Crippen LogP contribution in [0.1, 0.15) is 36.3 Å². The van der Waals surface area contributed by atoms with Crippen molar-refractivity contribution in [3.8, 4) is 11.1 Å². The molecule has 1 atom stereocenters. The molecule has 5 heteroatoms. The van der Waals surface area contributed by atoms with E-state index in [0.29, 0.717) is 17.8 Å². The number of nitrogens with one attached hydrogen (secondary N) is 3. The van der Waals surface area contributed by atoms with Crippen LogP contribution < -0.4 is 10.9 Å². The van der Waals surface area contributed by atoms with E-state index in [1.807, 2.05) is 30.3 Å². The summed E-state index contributed by atoms with van der Waals surface area (Å²) in [5, 5.41) is 8.84. The lowest BCUT2D eigenvalue weighted by atomic mass is 9.76. The van der Waals surface area contributed by atoms with Gasteiger partial charge < -0.3 is 5.32 Å². The molecular formula is C22H19N3O2. The molecule has 5 nitrogen and oxygen atoms in total. The van der Waals surface area contributed by atoms with E-state index in [-0.39, 0.29) is 17.3 Å². The lowest BCUT2D eigenvalue weighted by molar-refractivity contribution is -0.116. The number of H-pyrrole nitrogens is 2. The first-order valence-electron chi connectivity index (χ1n) is 9.21. The fourth-order valence-electron chi connectivity index (χ4n) is 4.20. The smallest absolute Gasteiger partial charge is 0.270 e. The van der Waals surface area contributed by atoms with Crippen molar-refractivity contribution in [2.75, 3.05) is 5.32 Å². The van der Waals surface area contributed by atoms with Gasteiger partial charge in [0.15, 0.2) is 5.78 Å². The Morgan fingerprint density at radius 2 is 1.56 bits per heavy atom. The Hall–Kier alpha value is -3.34. The van der Waals surface area contributed by atoms with Gasteiger partial charge in [-0.25, -0.2) is 0 Å². The number of allylic oxidation sites excluding steroid dienone is 2. The van der Waals surface area contributed by atoms with Crippen molar-refractivity contribution in [1.29, 1.82) is 0 Å². The molecule has 0 radical (unpaired) electrons. The summed E-state index contributed by atoms with van der Waals surface area (Å²) >= 11 is 0. The monoisotopic (exact) mass is 357 g/mol. The van der Waals surface area contributed by atoms with Crippen LogP contribution in [0.25, 0.3) is 11.1 Å². The molecular weight excluding hydrogens is 338 g/mol. The van der Waals surface area contributed by atoms with Crippen LogP contribution >= 0.6 is 0 Å². The van der Waals surface area contributed by atoms with Crippen LogP contribution in [0.3, 0.4) is 0 Å². The quantitative estimate of drug-likeness (QED) is 0.650. The lowest BCUT2D eigenvalue weighted by Crippen LogP contribution is -2.29. The van der Waals surface area contributed by atoms with Gasteiger partial charge in [-0.05, 0) is 29.5 Å². The number of Topliss-reactive ketones (excluding diaryl/α,β-unsaturated/α-hetero) is 1. The number of rotatable bonds is 2. The SMILES string of the molecule is O=C1CCCC2=C1[C@@H](c1ccc(-c3ccccc3)cc1)c1c([nH][nH]c1=O)N2. The van der Waals surface area contributed by atoms with E-state index in [0.717, 1.165) is 40.8 Å². The second kappa shape index (κ2) is 6.13. The number of anilines is 1. The molecule has 3 aromatic rings. The van der Waals surface area contributed by atoms with E-state index in [2.05, 4.69) is 39.8 Å². The molecule has 1 aromatic heterocycles. The van der Waals surface area contributed by atoms with Crippen LogP contribution in [0, 0.1) is 0 Å². The molecule has 134 valence electrons. The molecule has 27 heavy (non-hydrogen) atoms. The van der Waals surface area contributed by atoms with Crippen LogP contribution in [-0.4, -0.2) is 16.0 Å². The Bertz CT molecular complexity index is 1100. The maximum Gasteiger partial charge on any atom is 0.270 e. The number of ketones is 1. The average molecular weight is 357 g/mol. The second-order valence-electron chi connectivity index (χ2n) is 7.08. The van der Waals surface area contributed by atoms with E-state index in [9.17, 15) is 9.59 Å². The highest BCUT2D eigenvalue weighted by molar-refractivity contribution is 6.00. The molecule has 0 amide bonds. The van der Waals surface area contributed by atoms with Crippen molar-refractivity contribution in [3.63, 3.8) is 0 Å². The largest absolute Gasteiger partial charge is 0.343 e. The summed E-state index contributed by atoms with van der Waals surface area (Å²) < 4.78 is 0. The van der Waals surface area contributed by atoms with Crippen LogP contribution in [0.15, 0.2) is 70.7 Å². The normalized spacial score (nSPS) is 18.7. The van der Waals surface area contributed by atoms with E-state index in [1.54, 1.807) is 0 Å². The first-order valence-corrected chi connectivity index (χ1v) is 9.21. The summed E-state index contributed by atoms with van der Waals surface area (Å²) in [5.41, 5.74) is 5.31. The third kappa shape index (κ3) is 2.54. The van der Waals surface area contributed by atoms with E-state index >= 15 is 0 Å². The minimum atomic E-state index is -0.330. The van der Waals surface area contributed by atoms with Crippen LogP contribution in [-0.2, 0) is 4.79 Å². The molecule has 2 aliphatic rings. The average Bonchev–Trinajstić information content (AvgIpc) is 3.08. The standard InChI is InChI=1S/C22H19N3O2/c26-17-8-4-7-16-19(17)18(20-21(23-16)24-25-22(20)27)15-11-9-14(10-12-15)13-5-2-1-3-6-13/h1-3,5-6,9-12,18H,4,7-8H2,(H3,23,24,25,27)/t18-/m1/s1. The summed E-state index contributed by atoms with van der Waals surface area (Å²) in [7, 11) is 0. The van der Waals surface area contributed by atoms with Gasteiger partial charge in [0, 0.05) is 23.6 Å². The number of carbonyl (C=O) groups is 1. The van der Waals surface area contributed by atoms with Crippen molar-refractivity contribution < 1.29 is 4.79 Å². The highest BCUT2D eigenvalue weighted by Crippen LogP contribution is 2.43. The molecule has 0 spiro atoms. The molecule has 1 aliphatic heterocycles. The first kappa shape index (κ1) is 15.9. The minimum Gasteiger partial charge on any atom is -0.343 e. The molecule has 0 saturated heterocycles. The zero-order chi connectivity index (χ0) is 18.4. The number of benzene rings is 2. The highest BCUT2D eigenvalue weighted by Gasteiger charge is 2.37. The molecule has 5 rings (SSSR count). The molecule has 2 aromatic carbocycles. The van der Waals surface area contributed by atoms with E-state index in [1.165, 1.54) is 0 Å². The van der Waals surface area contributed by atoms with E-state index in [4.69, 9.17) is 0 Å². The summed E-state index contributed by atoms with van der Waals surface area (Å²) in [6.07, 6.45) is 2.21. The Labute approximate surface area is 156 Å². The molecule has 3 N–H and O–H groups in total. The number of fused-ring (bicyclic) bond motifs is 1. The van der Waals surface area contributed by atoms with Gasteiger partial charge in [-0.15, -0.1) is 0 Å². The van der Waals surface area contributed by atoms with Gasteiger partial charge in [0.25, 0.3) is 5.56 Å². The summed E-state index contributed by atoms with van der Waals surface area (Å²) in [6, 6.07) is 18.3. The summed E-state index contributed by atoms with van der Waals surface area (Å²) in [6.45, 7) is 0. The predicted octanol–water partition coefficient (Wildman–Crippen LogP) is 3.93. The topological polar surface area (TPSA) is 77.8 Å². The third-order valence-corrected chi connectivity index (χ3v) is 5.48. The van der Waals surface area contributed by atoms with Crippen molar-refractivity contribution in [2.45, 2.75) is 25.2 Å². The molecule has 0 bridgehead atoms. The molecule has 2 heterocycles. The predicted molar refractivity (Wildman–Crippen MR) is 105 cm³/mol. The lowest BCUT2D eigenvalue weighted by Gasteiger charge is -2.31. The van der Waals surface area contributed by atoms with Crippen molar-refractivity contribution in [1.82, 2.24) is 10.2 Å².